The lowest BCUT2D eigenvalue weighted by Gasteiger charge is -2.27. The number of anilines is 1. The molecule has 2 unspecified atom stereocenters. The summed E-state index contributed by atoms with van der Waals surface area (Å²) in [6, 6.07) is 10.1. The summed E-state index contributed by atoms with van der Waals surface area (Å²) in [5.74, 6) is -0.0421. The van der Waals surface area contributed by atoms with Gasteiger partial charge in [0.05, 0.1) is 15.7 Å². The lowest BCUT2D eigenvalue weighted by atomic mass is 9.87. The first kappa shape index (κ1) is 15.6. The summed E-state index contributed by atoms with van der Waals surface area (Å²) in [6.45, 7) is 1.96. The molecule has 5 heteroatoms. The number of nitrogens with one attached hydrogen (secondary N) is 1. The third-order valence-electron chi connectivity index (χ3n) is 4.21. The summed E-state index contributed by atoms with van der Waals surface area (Å²) >= 11 is 5.06. The minimum atomic E-state index is -0.129. The molecule has 1 heterocycles. The maximum atomic E-state index is 12.6. The van der Waals surface area contributed by atoms with E-state index in [4.69, 9.17) is 5.73 Å². The van der Waals surface area contributed by atoms with E-state index in [1.54, 1.807) is 11.3 Å². The minimum Gasteiger partial charge on any atom is -0.399 e. The summed E-state index contributed by atoms with van der Waals surface area (Å²) in [5.41, 5.74) is 9.14. The Kier molecular flexibility index (Phi) is 4.54. The van der Waals surface area contributed by atoms with Crippen LogP contribution in [0.2, 0.25) is 0 Å². The van der Waals surface area contributed by atoms with Gasteiger partial charge in [-0.1, -0.05) is 6.07 Å². The highest BCUT2D eigenvalue weighted by molar-refractivity contribution is 9.11. The molecule has 1 aliphatic rings. The Morgan fingerprint density at radius 2 is 2.23 bits per heavy atom. The second-order valence-corrected chi connectivity index (χ2v) is 8.27. The third kappa shape index (κ3) is 3.20. The number of hydrogen-bond acceptors (Lipinski definition) is 3. The van der Waals surface area contributed by atoms with Crippen LogP contribution in [0, 0.1) is 0 Å². The van der Waals surface area contributed by atoms with Crippen molar-refractivity contribution in [3.05, 3.63) is 50.1 Å². The smallest absolute Gasteiger partial charge is 0.228 e. The van der Waals surface area contributed by atoms with E-state index >= 15 is 0 Å². The summed E-state index contributed by atoms with van der Waals surface area (Å²) < 4.78 is 1.06. The molecule has 0 saturated heterocycles. The molecule has 3 nitrogen and oxygen atoms in total. The first-order valence-corrected chi connectivity index (χ1v) is 9.09. The Labute approximate surface area is 143 Å². The van der Waals surface area contributed by atoms with E-state index in [0.29, 0.717) is 0 Å². The monoisotopic (exact) mass is 378 g/mol. The van der Waals surface area contributed by atoms with E-state index in [0.717, 1.165) is 33.6 Å². The Hall–Kier alpha value is -1.33. The topological polar surface area (TPSA) is 55.1 Å². The zero-order chi connectivity index (χ0) is 15.7. The quantitative estimate of drug-likeness (QED) is 0.778. The van der Waals surface area contributed by atoms with Crippen molar-refractivity contribution in [2.24, 2.45) is 0 Å². The molecule has 0 aliphatic heterocycles. The molecule has 2 aromatic rings. The van der Waals surface area contributed by atoms with Gasteiger partial charge in [-0.3, -0.25) is 4.79 Å². The third-order valence-corrected chi connectivity index (χ3v) is 6.02. The molecule has 22 heavy (non-hydrogen) atoms. The molecule has 3 rings (SSSR count). The molecule has 0 spiro atoms. The lowest BCUT2D eigenvalue weighted by Crippen LogP contribution is -2.33. The Morgan fingerprint density at radius 3 is 2.95 bits per heavy atom. The first-order valence-electron chi connectivity index (χ1n) is 7.48. The van der Waals surface area contributed by atoms with Crippen LogP contribution in [-0.2, 0) is 11.2 Å². The number of carbonyl (C=O) groups excluding carboxylic acids is 1. The number of carbonyl (C=O) groups is 1. The predicted molar refractivity (Wildman–Crippen MR) is 95.1 cm³/mol. The molecule has 1 aromatic heterocycles. The summed E-state index contributed by atoms with van der Waals surface area (Å²) in [4.78, 5) is 13.6. The molecule has 0 bridgehead atoms. The van der Waals surface area contributed by atoms with Gasteiger partial charge >= 0.3 is 0 Å². The first-order chi connectivity index (χ1) is 10.5. The van der Waals surface area contributed by atoms with Crippen LogP contribution in [0.1, 0.15) is 47.7 Å². The zero-order valence-corrected chi connectivity index (χ0v) is 14.8. The van der Waals surface area contributed by atoms with Gasteiger partial charge in [-0.05, 0) is 77.5 Å². The van der Waals surface area contributed by atoms with Crippen molar-refractivity contribution in [2.75, 3.05) is 5.73 Å². The molecule has 3 N–H and O–H groups in total. The fraction of sp³-hybridized carbons (Fsp3) is 0.353. The number of fused-ring (bicyclic) bond motifs is 1. The van der Waals surface area contributed by atoms with Gasteiger partial charge in [0, 0.05) is 10.6 Å². The number of nitrogen functional groups attached to an aromatic ring is 1. The number of nitrogens with two attached hydrogens (primary N) is 1. The van der Waals surface area contributed by atoms with E-state index < -0.39 is 0 Å². The van der Waals surface area contributed by atoms with Crippen LogP contribution in [0.4, 0.5) is 5.69 Å². The van der Waals surface area contributed by atoms with Gasteiger partial charge in [-0.15, -0.1) is 11.3 Å². The zero-order valence-electron chi connectivity index (χ0n) is 12.4. The second-order valence-electron chi connectivity index (χ2n) is 5.78. The van der Waals surface area contributed by atoms with Crippen molar-refractivity contribution in [3.63, 3.8) is 0 Å². The SMILES string of the molecule is CC(C(=O)NC1CCCc2cc(N)ccc21)c1ccc(Br)s1. The van der Waals surface area contributed by atoms with E-state index in [-0.39, 0.29) is 17.9 Å². The van der Waals surface area contributed by atoms with Crippen molar-refractivity contribution < 1.29 is 4.79 Å². The van der Waals surface area contributed by atoms with Crippen LogP contribution >= 0.6 is 27.3 Å². The number of amides is 1. The molecular weight excluding hydrogens is 360 g/mol. The number of hydrogen-bond donors (Lipinski definition) is 2. The Bertz CT molecular complexity index is 698. The molecule has 1 aliphatic carbocycles. The lowest BCUT2D eigenvalue weighted by molar-refractivity contribution is -0.123. The fourth-order valence-corrected chi connectivity index (χ4v) is 4.45. The van der Waals surface area contributed by atoms with Crippen LogP contribution in [0.3, 0.4) is 0 Å². The highest BCUT2D eigenvalue weighted by atomic mass is 79.9. The highest BCUT2D eigenvalue weighted by Crippen LogP contribution is 2.33. The normalized spacial score (nSPS) is 18.5. The Morgan fingerprint density at radius 1 is 1.41 bits per heavy atom. The fourth-order valence-electron chi connectivity index (χ4n) is 2.97. The number of halogens is 1. The van der Waals surface area contributed by atoms with Gasteiger partial charge in [0.1, 0.15) is 0 Å². The van der Waals surface area contributed by atoms with Crippen molar-refractivity contribution in [3.8, 4) is 0 Å². The molecule has 0 saturated carbocycles. The number of rotatable bonds is 3. The van der Waals surface area contributed by atoms with Crippen LogP contribution in [0.25, 0.3) is 0 Å². The number of thiophene rings is 1. The molecular formula is C17H19BrN2OS. The number of benzene rings is 1. The average Bonchev–Trinajstić information content (AvgIpc) is 2.93. The van der Waals surface area contributed by atoms with Crippen molar-refractivity contribution in [1.82, 2.24) is 5.32 Å². The highest BCUT2D eigenvalue weighted by Gasteiger charge is 2.25. The second kappa shape index (κ2) is 6.42. The standard InChI is InChI=1S/C17H19BrN2OS/c1-10(15-7-8-16(18)22-15)17(21)20-14-4-2-3-11-9-12(19)5-6-13(11)14/h5-10,14H,2-4,19H2,1H3,(H,20,21). The summed E-state index contributed by atoms with van der Waals surface area (Å²) in [7, 11) is 0. The average molecular weight is 379 g/mol. The van der Waals surface area contributed by atoms with E-state index in [9.17, 15) is 4.79 Å². The van der Waals surface area contributed by atoms with Gasteiger partial charge in [-0.25, -0.2) is 0 Å². The summed E-state index contributed by atoms with van der Waals surface area (Å²) in [5, 5.41) is 3.21. The predicted octanol–water partition coefficient (Wildman–Crippen LogP) is 4.39. The summed E-state index contributed by atoms with van der Waals surface area (Å²) in [6.07, 6.45) is 3.12. The maximum absolute atomic E-state index is 12.6. The van der Waals surface area contributed by atoms with Crippen molar-refractivity contribution >= 4 is 38.9 Å². The van der Waals surface area contributed by atoms with Gasteiger partial charge in [0.25, 0.3) is 0 Å². The van der Waals surface area contributed by atoms with Crippen LogP contribution in [0.5, 0.6) is 0 Å². The van der Waals surface area contributed by atoms with Crippen LogP contribution < -0.4 is 11.1 Å². The number of aryl methyl sites for hydroxylation is 1. The largest absolute Gasteiger partial charge is 0.399 e. The van der Waals surface area contributed by atoms with E-state index in [1.807, 2.05) is 31.2 Å². The van der Waals surface area contributed by atoms with E-state index in [1.165, 1.54) is 11.1 Å². The molecule has 1 aromatic carbocycles. The van der Waals surface area contributed by atoms with Crippen LogP contribution in [-0.4, -0.2) is 5.91 Å². The van der Waals surface area contributed by atoms with Crippen molar-refractivity contribution in [2.45, 2.75) is 38.1 Å². The molecule has 1 amide bonds. The minimum absolute atomic E-state index is 0.0871. The Balaban J connectivity index is 1.75. The molecule has 116 valence electrons. The van der Waals surface area contributed by atoms with Crippen molar-refractivity contribution in [1.29, 1.82) is 0 Å². The molecule has 0 radical (unpaired) electrons. The van der Waals surface area contributed by atoms with Gasteiger partial charge in [0.15, 0.2) is 0 Å². The molecule has 2 atom stereocenters. The maximum Gasteiger partial charge on any atom is 0.228 e. The van der Waals surface area contributed by atoms with Crippen LogP contribution in [0.15, 0.2) is 34.1 Å². The van der Waals surface area contributed by atoms with Gasteiger partial charge < -0.3 is 11.1 Å². The van der Waals surface area contributed by atoms with E-state index in [2.05, 4.69) is 27.3 Å². The van der Waals surface area contributed by atoms with Gasteiger partial charge in [0.2, 0.25) is 5.91 Å². The van der Waals surface area contributed by atoms with Gasteiger partial charge in [-0.2, -0.15) is 0 Å². The molecule has 0 fully saturated rings.